The van der Waals surface area contributed by atoms with Gasteiger partial charge in [0.05, 0.1) is 0 Å². The zero-order chi connectivity index (χ0) is 27.9. The zero-order valence-corrected chi connectivity index (χ0v) is 25.0. The van der Waals surface area contributed by atoms with Crippen LogP contribution in [0.15, 0.2) is 36.5 Å². The highest BCUT2D eigenvalue weighted by Crippen LogP contribution is 2.14. The van der Waals surface area contributed by atoms with E-state index in [2.05, 4.69) is 44.2 Å². The standard InChI is InChI=1S/C34H60O4/c1-3-5-7-9-11-12-13-14-15-16-17-19-21-27-31-34(37)38-32(28-24-20-18-10-8-6-4-2)29-25-22-23-26-30-33(35)36/h10,13-14,18,24,28,32H,3-9,11-12,15-17,19-23,25-27,29-31H2,1-2H3,(H,35,36)/b14-13-,18-10-,28-24-. The van der Waals surface area contributed by atoms with Gasteiger partial charge in [-0.05, 0) is 70.3 Å². The van der Waals surface area contributed by atoms with E-state index in [1.807, 2.05) is 6.08 Å². The molecule has 0 saturated heterocycles. The van der Waals surface area contributed by atoms with E-state index in [0.717, 1.165) is 51.4 Å². The summed E-state index contributed by atoms with van der Waals surface area (Å²) in [7, 11) is 0. The van der Waals surface area contributed by atoms with Crippen LogP contribution in [0.2, 0.25) is 0 Å². The number of hydrogen-bond acceptors (Lipinski definition) is 3. The van der Waals surface area contributed by atoms with E-state index in [4.69, 9.17) is 9.84 Å². The van der Waals surface area contributed by atoms with Crippen LogP contribution in [0.25, 0.3) is 0 Å². The first-order valence-corrected chi connectivity index (χ1v) is 16.0. The number of carboxylic acids is 1. The van der Waals surface area contributed by atoms with E-state index in [-0.39, 0.29) is 18.5 Å². The topological polar surface area (TPSA) is 63.6 Å². The summed E-state index contributed by atoms with van der Waals surface area (Å²) in [6.45, 7) is 4.46. The molecule has 0 rings (SSSR count). The molecule has 1 atom stereocenters. The van der Waals surface area contributed by atoms with Crippen LogP contribution in [0.1, 0.15) is 162 Å². The van der Waals surface area contributed by atoms with Crippen molar-refractivity contribution >= 4 is 11.9 Å². The maximum atomic E-state index is 12.4. The quantitative estimate of drug-likeness (QED) is 0.0618. The van der Waals surface area contributed by atoms with E-state index in [0.29, 0.717) is 12.8 Å². The average molecular weight is 533 g/mol. The number of rotatable bonds is 28. The Balaban J connectivity index is 4.07. The molecule has 0 heterocycles. The van der Waals surface area contributed by atoms with Gasteiger partial charge in [-0.25, -0.2) is 0 Å². The first kappa shape index (κ1) is 36.2. The molecule has 220 valence electrons. The lowest BCUT2D eigenvalue weighted by Crippen LogP contribution is -2.16. The fourth-order valence-electron chi connectivity index (χ4n) is 4.41. The van der Waals surface area contributed by atoms with Gasteiger partial charge < -0.3 is 9.84 Å². The summed E-state index contributed by atoms with van der Waals surface area (Å²) in [4.78, 5) is 23.1. The van der Waals surface area contributed by atoms with Crippen LogP contribution >= 0.6 is 0 Å². The minimum absolute atomic E-state index is 0.0918. The Hall–Kier alpha value is -1.84. The second-order valence-corrected chi connectivity index (χ2v) is 10.6. The number of hydrogen-bond donors (Lipinski definition) is 1. The van der Waals surface area contributed by atoms with Gasteiger partial charge in [0.25, 0.3) is 0 Å². The molecule has 0 amide bonds. The molecule has 4 nitrogen and oxygen atoms in total. The average Bonchev–Trinajstić information content (AvgIpc) is 2.89. The zero-order valence-electron chi connectivity index (χ0n) is 25.0. The van der Waals surface area contributed by atoms with Gasteiger partial charge in [0.2, 0.25) is 0 Å². The Morgan fingerprint density at radius 3 is 1.79 bits per heavy atom. The summed E-state index contributed by atoms with van der Waals surface area (Å²) < 4.78 is 5.80. The summed E-state index contributed by atoms with van der Waals surface area (Å²) >= 11 is 0. The molecule has 0 radical (unpaired) electrons. The Morgan fingerprint density at radius 2 is 1.13 bits per heavy atom. The van der Waals surface area contributed by atoms with Crippen molar-refractivity contribution in [2.75, 3.05) is 0 Å². The third kappa shape index (κ3) is 28.7. The molecule has 0 aromatic carbocycles. The highest BCUT2D eigenvalue weighted by atomic mass is 16.5. The van der Waals surface area contributed by atoms with Crippen molar-refractivity contribution in [2.24, 2.45) is 0 Å². The fraction of sp³-hybridized carbons (Fsp3) is 0.765. The third-order valence-corrected chi connectivity index (χ3v) is 6.82. The second kappa shape index (κ2) is 29.7. The molecule has 1 unspecified atom stereocenters. The number of carbonyl (C=O) groups is 2. The summed E-state index contributed by atoms with van der Waals surface area (Å²) in [5.74, 6) is -0.821. The second-order valence-electron chi connectivity index (χ2n) is 10.6. The summed E-state index contributed by atoms with van der Waals surface area (Å²) in [6, 6.07) is 0. The summed E-state index contributed by atoms with van der Waals surface area (Å²) in [5.41, 5.74) is 0. The lowest BCUT2D eigenvalue weighted by atomic mass is 10.1. The molecule has 0 aromatic rings. The predicted molar refractivity (Wildman–Crippen MR) is 162 cm³/mol. The van der Waals surface area contributed by atoms with Gasteiger partial charge in [0.15, 0.2) is 0 Å². The van der Waals surface area contributed by atoms with E-state index in [1.54, 1.807) is 0 Å². The van der Waals surface area contributed by atoms with Crippen molar-refractivity contribution in [3.05, 3.63) is 36.5 Å². The normalized spacial score (nSPS) is 12.7. The largest absolute Gasteiger partial charge is 0.481 e. The van der Waals surface area contributed by atoms with E-state index >= 15 is 0 Å². The van der Waals surface area contributed by atoms with Crippen molar-refractivity contribution in [2.45, 2.75) is 168 Å². The number of carboxylic acid groups (broad SMARTS) is 1. The van der Waals surface area contributed by atoms with Crippen molar-refractivity contribution in [1.82, 2.24) is 0 Å². The van der Waals surface area contributed by atoms with Crippen molar-refractivity contribution in [1.29, 1.82) is 0 Å². The van der Waals surface area contributed by atoms with Crippen LogP contribution in [0.5, 0.6) is 0 Å². The Bertz CT molecular complexity index is 620. The van der Waals surface area contributed by atoms with Crippen LogP contribution in [0.4, 0.5) is 0 Å². The SMILES string of the molecule is CCCC/C=C\C/C=C\C(CCCCCCC(=O)O)OC(=O)CCCCCCC/C=C\CCCCCCC. The summed E-state index contributed by atoms with van der Waals surface area (Å²) in [6.07, 6.45) is 37.4. The van der Waals surface area contributed by atoms with Crippen LogP contribution < -0.4 is 0 Å². The third-order valence-electron chi connectivity index (χ3n) is 6.82. The predicted octanol–water partition coefficient (Wildman–Crippen LogP) is 10.7. The van der Waals surface area contributed by atoms with Crippen LogP contribution in [-0.4, -0.2) is 23.1 Å². The molecule has 0 fully saturated rings. The first-order chi connectivity index (χ1) is 18.6. The van der Waals surface area contributed by atoms with Gasteiger partial charge in [0, 0.05) is 12.8 Å². The number of allylic oxidation sites excluding steroid dienone is 5. The van der Waals surface area contributed by atoms with Gasteiger partial charge in [-0.15, -0.1) is 0 Å². The molecule has 1 N–H and O–H groups in total. The van der Waals surface area contributed by atoms with Crippen LogP contribution in [0.3, 0.4) is 0 Å². The molecule has 4 heteroatoms. The molecular formula is C34H60O4. The van der Waals surface area contributed by atoms with Crippen LogP contribution in [-0.2, 0) is 14.3 Å². The Kier molecular flexibility index (Phi) is 28.3. The van der Waals surface area contributed by atoms with E-state index in [9.17, 15) is 9.59 Å². The Morgan fingerprint density at radius 1 is 0.605 bits per heavy atom. The minimum Gasteiger partial charge on any atom is -0.481 e. The molecule has 0 aromatic heterocycles. The molecule has 0 aliphatic rings. The molecule has 0 spiro atoms. The van der Waals surface area contributed by atoms with Crippen LogP contribution in [0, 0.1) is 0 Å². The molecule has 38 heavy (non-hydrogen) atoms. The van der Waals surface area contributed by atoms with Gasteiger partial charge in [-0.3, -0.25) is 9.59 Å². The Labute approximate surface area is 235 Å². The maximum Gasteiger partial charge on any atom is 0.306 e. The molecular weight excluding hydrogens is 472 g/mol. The highest BCUT2D eigenvalue weighted by Gasteiger charge is 2.11. The number of aliphatic carboxylic acids is 1. The monoisotopic (exact) mass is 532 g/mol. The van der Waals surface area contributed by atoms with E-state index in [1.165, 1.54) is 77.0 Å². The van der Waals surface area contributed by atoms with Crippen molar-refractivity contribution in [3.63, 3.8) is 0 Å². The number of esters is 1. The highest BCUT2D eigenvalue weighted by molar-refractivity contribution is 5.69. The molecule has 0 aliphatic carbocycles. The maximum absolute atomic E-state index is 12.4. The molecule has 0 saturated carbocycles. The first-order valence-electron chi connectivity index (χ1n) is 16.0. The number of carbonyl (C=O) groups excluding carboxylic acids is 1. The molecule has 0 aliphatic heterocycles. The summed E-state index contributed by atoms with van der Waals surface area (Å²) in [5, 5.41) is 8.77. The van der Waals surface area contributed by atoms with Gasteiger partial charge in [0.1, 0.15) is 6.10 Å². The van der Waals surface area contributed by atoms with Gasteiger partial charge in [-0.1, -0.05) is 115 Å². The van der Waals surface area contributed by atoms with Crippen molar-refractivity contribution in [3.8, 4) is 0 Å². The smallest absolute Gasteiger partial charge is 0.306 e. The number of ether oxygens (including phenoxy) is 1. The number of unbranched alkanes of at least 4 members (excludes halogenated alkanes) is 15. The van der Waals surface area contributed by atoms with E-state index < -0.39 is 5.97 Å². The van der Waals surface area contributed by atoms with Gasteiger partial charge >= 0.3 is 11.9 Å². The minimum atomic E-state index is -0.730. The van der Waals surface area contributed by atoms with Gasteiger partial charge in [-0.2, -0.15) is 0 Å². The lowest BCUT2D eigenvalue weighted by Gasteiger charge is -2.14. The molecule has 0 bridgehead atoms. The van der Waals surface area contributed by atoms with Crippen molar-refractivity contribution < 1.29 is 19.4 Å². The fourth-order valence-corrected chi connectivity index (χ4v) is 4.41. The lowest BCUT2D eigenvalue weighted by molar-refractivity contribution is -0.147.